The monoisotopic (exact) mass is 796 g/mol. The van der Waals surface area contributed by atoms with Crippen LogP contribution in [0.25, 0.3) is 21.8 Å². The lowest BCUT2D eigenvalue weighted by Gasteiger charge is -2.22. The number of anilines is 2. The number of carbonyl (C=O) groups excluding carboxylic acids is 1. The van der Waals surface area contributed by atoms with Crippen LogP contribution in [0.1, 0.15) is 55.7 Å². The number of hydrogen-bond donors (Lipinski definition) is 4. The van der Waals surface area contributed by atoms with Crippen LogP contribution in [0.3, 0.4) is 0 Å². The number of alkyl halides is 3. The third kappa shape index (κ3) is 11.8. The van der Waals surface area contributed by atoms with E-state index in [1.54, 1.807) is 24.5 Å². The molecule has 0 saturated heterocycles. The number of para-hydroxylation sites is 1. The molecule has 1 atom stereocenters. The van der Waals surface area contributed by atoms with Crippen LogP contribution in [-0.2, 0) is 6.18 Å². The van der Waals surface area contributed by atoms with Crippen molar-refractivity contribution in [3.63, 3.8) is 0 Å². The number of hydrogen-bond acceptors (Lipinski definition) is 9. The molecule has 300 valence electrons. The van der Waals surface area contributed by atoms with Crippen LogP contribution in [0, 0.1) is 27.7 Å². The zero-order chi connectivity index (χ0) is 42.5. The van der Waals surface area contributed by atoms with Crippen LogP contribution >= 0.6 is 0 Å². The number of carbonyl (C=O) groups is 1. The lowest BCUT2D eigenvalue weighted by Crippen LogP contribution is -2.13. The SMILES string of the molecule is Cc1ccc(C(Nc2ccc(C)nc2)c2ccc3cccnc3c2O)cc1.Cc1ccc(N)c(C)n1.O=Cc1ccc(C(F)(F)F)cc1.Oc1cccc2cccnc12. The number of fused-ring (bicyclic) bond motifs is 2. The van der Waals surface area contributed by atoms with Gasteiger partial charge in [-0.2, -0.15) is 13.2 Å². The number of halogens is 3. The number of aldehydes is 1. The zero-order valence-corrected chi connectivity index (χ0v) is 32.8. The highest BCUT2D eigenvalue weighted by molar-refractivity contribution is 5.86. The molecule has 4 heterocycles. The van der Waals surface area contributed by atoms with Crippen molar-refractivity contribution in [2.75, 3.05) is 11.1 Å². The van der Waals surface area contributed by atoms with Gasteiger partial charge in [0, 0.05) is 45.7 Å². The van der Waals surface area contributed by atoms with Gasteiger partial charge in [0.2, 0.25) is 0 Å². The summed E-state index contributed by atoms with van der Waals surface area (Å²) in [6.45, 7) is 7.88. The van der Waals surface area contributed by atoms with E-state index in [0.29, 0.717) is 17.3 Å². The van der Waals surface area contributed by atoms with Gasteiger partial charge < -0.3 is 21.3 Å². The van der Waals surface area contributed by atoms with E-state index in [0.717, 1.165) is 74.6 Å². The molecule has 0 bridgehead atoms. The first-order valence-corrected chi connectivity index (χ1v) is 18.4. The van der Waals surface area contributed by atoms with E-state index in [1.807, 2.05) is 93.7 Å². The van der Waals surface area contributed by atoms with Crippen molar-refractivity contribution in [2.24, 2.45) is 0 Å². The van der Waals surface area contributed by atoms with Crippen molar-refractivity contribution in [1.29, 1.82) is 0 Å². The summed E-state index contributed by atoms with van der Waals surface area (Å²) in [6, 6.07) is 36.8. The molecule has 0 spiro atoms. The van der Waals surface area contributed by atoms with Crippen LogP contribution in [-0.4, -0.2) is 36.4 Å². The standard InChI is InChI=1S/C23H21N3O.C9H7NO.C8H5F3O.C7H10N2/c1-15-5-8-18(9-6-15)21(26-19-11-7-16(2)25-14-19)20-12-10-17-4-3-13-24-22(17)23(20)27;11-8-5-1-3-7-4-2-6-10-9(7)8;9-8(10,11)7-3-1-6(5-12)2-4-7;1-5-3-4-7(8)6(2)9-5/h3-14,21,26-27H,1-2H3;1-6,11H;1-5H;3-4H,8H2,1-2H3. The highest BCUT2D eigenvalue weighted by Gasteiger charge is 2.29. The molecule has 5 N–H and O–H groups in total. The van der Waals surface area contributed by atoms with Crippen molar-refractivity contribution in [2.45, 2.75) is 39.9 Å². The second kappa shape index (κ2) is 19.7. The van der Waals surface area contributed by atoms with Crippen LogP contribution < -0.4 is 11.1 Å². The molecule has 0 fully saturated rings. The fourth-order valence-electron chi connectivity index (χ4n) is 5.73. The Kier molecular flexibility index (Phi) is 14.3. The molecule has 0 aliphatic heterocycles. The minimum absolute atomic E-state index is 0.200. The molecule has 0 saturated carbocycles. The molecular formula is C47H43F3N6O3. The smallest absolute Gasteiger partial charge is 0.416 e. The Morgan fingerprint density at radius 2 is 1.31 bits per heavy atom. The lowest BCUT2D eigenvalue weighted by molar-refractivity contribution is -0.137. The summed E-state index contributed by atoms with van der Waals surface area (Å²) in [6.07, 6.45) is 1.35. The first-order valence-electron chi connectivity index (χ1n) is 18.4. The fraction of sp³-hybridized carbons (Fsp3) is 0.128. The molecule has 0 aliphatic rings. The minimum Gasteiger partial charge on any atom is -0.506 e. The average Bonchev–Trinajstić information content (AvgIpc) is 3.24. The quantitative estimate of drug-likeness (QED) is 0.125. The van der Waals surface area contributed by atoms with E-state index < -0.39 is 11.7 Å². The Hall–Kier alpha value is -7.34. The van der Waals surface area contributed by atoms with Crippen LogP contribution in [0.4, 0.5) is 24.5 Å². The number of benzene rings is 4. The highest BCUT2D eigenvalue weighted by Crippen LogP contribution is 2.36. The molecule has 59 heavy (non-hydrogen) atoms. The van der Waals surface area contributed by atoms with Crippen molar-refractivity contribution in [3.8, 4) is 11.5 Å². The van der Waals surface area contributed by atoms with E-state index >= 15 is 0 Å². The zero-order valence-electron chi connectivity index (χ0n) is 32.8. The van der Waals surface area contributed by atoms with Gasteiger partial charge in [0.1, 0.15) is 28.8 Å². The number of nitrogens with two attached hydrogens (primary N) is 1. The first kappa shape index (κ1) is 42.8. The molecule has 9 nitrogen and oxygen atoms in total. The number of rotatable bonds is 5. The van der Waals surface area contributed by atoms with Gasteiger partial charge in [-0.3, -0.25) is 24.7 Å². The second-order valence-electron chi connectivity index (χ2n) is 13.5. The minimum atomic E-state index is -4.33. The summed E-state index contributed by atoms with van der Waals surface area (Å²) in [5.41, 5.74) is 13.9. The Bertz CT molecular complexity index is 2610. The Morgan fingerprint density at radius 1 is 0.678 bits per heavy atom. The summed E-state index contributed by atoms with van der Waals surface area (Å²) in [5.74, 6) is 0.439. The molecule has 12 heteroatoms. The van der Waals surface area contributed by atoms with Crippen LogP contribution in [0.2, 0.25) is 0 Å². The van der Waals surface area contributed by atoms with Gasteiger partial charge in [-0.15, -0.1) is 0 Å². The number of aromatic nitrogens is 4. The third-order valence-electron chi connectivity index (χ3n) is 8.97. The number of phenols is 2. The third-order valence-corrected chi connectivity index (χ3v) is 8.97. The maximum absolute atomic E-state index is 11.9. The molecule has 0 aliphatic carbocycles. The van der Waals surface area contributed by atoms with Gasteiger partial charge in [-0.25, -0.2) is 0 Å². The maximum Gasteiger partial charge on any atom is 0.416 e. The summed E-state index contributed by atoms with van der Waals surface area (Å²) < 4.78 is 35.8. The van der Waals surface area contributed by atoms with Gasteiger partial charge in [-0.05, 0) is 87.9 Å². The fourth-order valence-corrected chi connectivity index (χ4v) is 5.73. The van der Waals surface area contributed by atoms with Crippen molar-refractivity contribution in [1.82, 2.24) is 19.9 Å². The summed E-state index contributed by atoms with van der Waals surface area (Å²) in [5, 5.41) is 25.6. The van der Waals surface area contributed by atoms with E-state index in [2.05, 4.69) is 56.4 Å². The van der Waals surface area contributed by atoms with Crippen LogP contribution in [0.15, 0.2) is 146 Å². The first-order chi connectivity index (χ1) is 28.2. The number of nitrogens with one attached hydrogen (secondary N) is 1. The Balaban J connectivity index is 0.000000170. The van der Waals surface area contributed by atoms with E-state index in [1.165, 1.54) is 5.56 Å². The average molecular weight is 797 g/mol. The molecule has 0 radical (unpaired) electrons. The van der Waals surface area contributed by atoms with Gasteiger partial charge in [0.25, 0.3) is 0 Å². The van der Waals surface area contributed by atoms with Crippen LogP contribution in [0.5, 0.6) is 11.5 Å². The van der Waals surface area contributed by atoms with Crippen molar-refractivity contribution < 1.29 is 28.2 Å². The van der Waals surface area contributed by atoms with Crippen molar-refractivity contribution in [3.05, 3.63) is 191 Å². The number of aryl methyl sites for hydroxylation is 4. The van der Waals surface area contributed by atoms with Gasteiger partial charge in [0.15, 0.2) is 0 Å². The molecular weight excluding hydrogens is 754 g/mol. The van der Waals surface area contributed by atoms with Gasteiger partial charge >= 0.3 is 6.18 Å². The van der Waals surface area contributed by atoms with E-state index in [-0.39, 0.29) is 23.1 Å². The van der Waals surface area contributed by atoms with E-state index in [4.69, 9.17) is 5.73 Å². The predicted octanol–water partition coefficient (Wildman–Crippen LogP) is 10.9. The molecule has 4 aromatic heterocycles. The molecule has 8 aromatic rings. The largest absolute Gasteiger partial charge is 0.506 e. The number of aromatic hydroxyl groups is 2. The Morgan fingerprint density at radius 3 is 1.88 bits per heavy atom. The number of nitrogens with zero attached hydrogens (tertiary/aromatic N) is 4. The maximum atomic E-state index is 11.9. The molecule has 1 unspecified atom stereocenters. The lowest BCUT2D eigenvalue weighted by atomic mass is 9.95. The summed E-state index contributed by atoms with van der Waals surface area (Å²) >= 11 is 0. The van der Waals surface area contributed by atoms with E-state index in [9.17, 15) is 28.2 Å². The summed E-state index contributed by atoms with van der Waals surface area (Å²) in [7, 11) is 0. The Labute approximate surface area is 340 Å². The van der Waals surface area contributed by atoms with Crippen molar-refractivity contribution >= 4 is 39.5 Å². The normalized spacial score (nSPS) is 11.2. The molecule has 4 aromatic carbocycles. The number of phenolic OH excluding ortho intramolecular Hbond substituents is 2. The molecule has 8 rings (SSSR count). The van der Waals surface area contributed by atoms with Gasteiger partial charge in [0.05, 0.1) is 34.9 Å². The number of pyridine rings is 4. The predicted molar refractivity (Wildman–Crippen MR) is 227 cm³/mol. The molecule has 0 amide bonds. The topological polar surface area (TPSA) is 147 Å². The summed E-state index contributed by atoms with van der Waals surface area (Å²) in [4.78, 5) is 27.0. The highest BCUT2D eigenvalue weighted by atomic mass is 19.4. The van der Waals surface area contributed by atoms with Gasteiger partial charge in [-0.1, -0.05) is 78.4 Å². The number of nitrogen functional groups attached to an aromatic ring is 1. The second-order valence-corrected chi connectivity index (χ2v) is 13.5.